The zero-order valence-corrected chi connectivity index (χ0v) is 13.0. The third-order valence-electron chi connectivity index (χ3n) is 3.43. The second kappa shape index (κ2) is 6.68. The Kier molecular flexibility index (Phi) is 4.92. The number of carbonyl (C=O) groups is 1. The number of rotatable bonds is 5. The first-order valence-corrected chi connectivity index (χ1v) is 7.39. The van der Waals surface area contributed by atoms with Gasteiger partial charge in [0.05, 0.1) is 0 Å². The van der Waals surface area contributed by atoms with Crippen LogP contribution in [0.2, 0.25) is 5.02 Å². The van der Waals surface area contributed by atoms with E-state index in [4.69, 9.17) is 17.0 Å². The highest BCUT2D eigenvalue weighted by atomic mass is 35.5. The molecule has 108 valence electrons. The Morgan fingerprint density at radius 3 is 2.29 bits per heavy atom. The molecule has 0 unspecified atom stereocenters. The van der Waals surface area contributed by atoms with Gasteiger partial charge in [-0.15, -0.1) is 0 Å². The molecular formula is C18H18ClNO. The van der Waals surface area contributed by atoms with Crippen molar-refractivity contribution in [2.45, 2.75) is 26.7 Å². The lowest BCUT2D eigenvalue weighted by atomic mass is 9.97. The van der Waals surface area contributed by atoms with Gasteiger partial charge in [-0.2, -0.15) is 0 Å². The van der Waals surface area contributed by atoms with Gasteiger partial charge in [-0.3, -0.25) is 4.79 Å². The van der Waals surface area contributed by atoms with Crippen LogP contribution >= 0.6 is 11.6 Å². The van der Waals surface area contributed by atoms with Gasteiger partial charge in [-0.05, 0) is 42.7 Å². The monoisotopic (exact) mass is 299 g/mol. The lowest BCUT2D eigenvalue weighted by molar-refractivity contribution is 0.103. The molecule has 0 heterocycles. The van der Waals surface area contributed by atoms with Crippen molar-refractivity contribution in [3.8, 4) is 0 Å². The highest BCUT2D eigenvalue weighted by molar-refractivity contribution is 6.30. The summed E-state index contributed by atoms with van der Waals surface area (Å²) in [4.78, 5) is 12.5. The summed E-state index contributed by atoms with van der Waals surface area (Å²) in [6, 6.07) is 12.5. The van der Waals surface area contributed by atoms with Crippen LogP contribution in [0.3, 0.4) is 0 Å². The van der Waals surface area contributed by atoms with E-state index in [2.05, 4.69) is 6.92 Å². The number of ketones is 1. The molecule has 0 radical (unpaired) electrons. The molecule has 0 amide bonds. The van der Waals surface area contributed by atoms with E-state index < -0.39 is 0 Å². The molecule has 3 heteroatoms. The van der Waals surface area contributed by atoms with Crippen LogP contribution in [0.5, 0.6) is 0 Å². The van der Waals surface area contributed by atoms with Crippen molar-refractivity contribution in [3.63, 3.8) is 0 Å². The van der Waals surface area contributed by atoms with E-state index in [-0.39, 0.29) is 5.78 Å². The van der Waals surface area contributed by atoms with Crippen molar-refractivity contribution in [3.05, 3.63) is 69.7 Å². The summed E-state index contributed by atoms with van der Waals surface area (Å²) in [6.45, 7) is 3.93. The summed E-state index contributed by atoms with van der Waals surface area (Å²) in [5.74, 6) is -0.0160. The number of carbonyl (C=O) groups excluding carboxylic acids is 1. The van der Waals surface area contributed by atoms with Gasteiger partial charge in [0, 0.05) is 21.9 Å². The van der Waals surface area contributed by atoms with Crippen molar-refractivity contribution in [1.82, 2.24) is 0 Å². The highest BCUT2D eigenvalue weighted by Gasteiger charge is 2.12. The number of hydrogen-bond acceptors (Lipinski definition) is 2. The normalized spacial score (nSPS) is 10.4. The summed E-state index contributed by atoms with van der Waals surface area (Å²) >= 11 is 5.92. The average Bonchev–Trinajstić information content (AvgIpc) is 2.47. The summed E-state index contributed by atoms with van der Waals surface area (Å²) in [5.41, 5.74) is 3.65. The van der Waals surface area contributed by atoms with Gasteiger partial charge in [0.1, 0.15) is 0 Å². The van der Waals surface area contributed by atoms with Crippen LogP contribution in [-0.4, -0.2) is 11.5 Å². The van der Waals surface area contributed by atoms with Crippen LogP contribution in [-0.2, 0) is 0 Å². The number of benzene rings is 2. The second-order valence-corrected chi connectivity index (χ2v) is 5.53. The molecule has 0 aromatic heterocycles. The maximum Gasteiger partial charge on any atom is 0.193 e. The molecule has 2 aromatic rings. The van der Waals surface area contributed by atoms with Gasteiger partial charge in [0.25, 0.3) is 0 Å². The van der Waals surface area contributed by atoms with Gasteiger partial charge >= 0.3 is 0 Å². The molecule has 0 saturated carbocycles. The van der Waals surface area contributed by atoms with Gasteiger partial charge < -0.3 is 5.41 Å². The first-order chi connectivity index (χ1) is 10.0. The fourth-order valence-electron chi connectivity index (χ4n) is 2.25. The minimum Gasteiger partial charge on any atom is -0.305 e. The molecule has 1 N–H and O–H groups in total. The number of hydrogen-bond donors (Lipinski definition) is 1. The van der Waals surface area contributed by atoms with Crippen LogP contribution in [0, 0.1) is 12.3 Å². The smallest absolute Gasteiger partial charge is 0.193 e. The third-order valence-corrected chi connectivity index (χ3v) is 3.66. The first kappa shape index (κ1) is 15.5. The molecule has 0 aliphatic heterocycles. The zero-order valence-electron chi connectivity index (χ0n) is 12.2. The Labute approximate surface area is 130 Å². The Morgan fingerprint density at radius 1 is 1.10 bits per heavy atom. The minimum absolute atomic E-state index is 0.0160. The van der Waals surface area contributed by atoms with Crippen LogP contribution < -0.4 is 0 Å². The second-order valence-electron chi connectivity index (χ2n) is 5.09. The summed E-state index contributed by atoms with van der Waals surface area (Å²) < 4.78 is 0. The van der Waals surface area contributed by atoms with Crippen molar-refractivity contribution >= 4 is 23.1 Å². The largest absolute Gasteiger partial charge is 0.305 e. The van der Waals surface area contributed by atoms with Gasteiger partial charge in [0.2, 0.25) is 0 Å². The maximum atomic E-state index is 12.5. The summed E-state index contributed by atoms with van der Waals surface area (Å²) in [5, 5.41) is 8.56. The average molecular weight is 300 g/mol. The maximum absolute atomic E-state index is 12.5. The van der Waals surface area contributed by atoms with E-state index in [0.29, 0.717) is 21.9 Å². The molecule has 2 aromatic carbocycles. The molecular weight excluding hydrogens is 282 g/mol. The van der Waals surface area contributed by atoms with E-state index in [1.807, 2.05) is 19.1 Å². The Balaban J connectivity index is 2.26. The molecule has 0 saturated heterocycles. The van der Waals surface area contributed by atoms with Crippen LogP contribution in [0.25, 0.3) is 0 Å². The molecule has 2 nitrogen and oxygen atoms in total. The fraction of sp³-hybridized carbons (Fsp3) is 0.222. The van der Waals surface area contributed by atoms with Gasteiger partial charge in [0.15, 0.2) is 5.78 Å². The molecule has 21 heavy (non-hydrogen) atoms. The third kappa shape index (κ3) is 3.59. The molecule has 0 bridgehead atoms. The lowest BCUT2D eigenvalue weighted by Crippen LogP contribution is -2.05. The molecule has 0 aliphatic carbocycles. The molecule has 0 spiro atoms. The van der Waals surface area contributed by atoms with Crippen LogP contribution in [0.1, 0.15) is 46.8 Å². The van der Waals surface area contributed by atoms with Crippen molar-refractivity contribution in [2.75, 3.05) is 0 Å². The molecule has 0 aliphatic rings. The van der Waals surface area contributed by atoms with Gasteiger partial charge in [-0.25, -0.2) is 0 Å². The van der Waals surface area contributed by atoms with Crippen molar-refractivity contribution in [2.24, 2.45) is 0 Å². The first-order valence-electron chi connectivity index (χ1n) is 7.01. The number of aryl methyl sites for hydroxylation is 1. The Morgan fingerprint density at radius 2 is 1.71 bits per heavy atom. The number of halogens is 1. The van der Waals surface area contributed by atoms with E-state index in [9.17, 15) is 4.79 Å². The SMILES string of the molecule is CCCC(=N)c1ccc(C(=O)c2ccc(Cl)cc2C)cc1. The Bertz CT molecular complexity index is 674. The highest BCUT2D eigenvalue weighted by Crippen LogP contribution is 2.19. The quantitative estimate of drug-likeness (QED) is 0.609. The molecule has 2 rings (SSSR count). The molecule has 0 atom stereocenters. The van der Waals surface area contributed by atoms with Crippen LogP contribution in [0.15, 0.2) is 42.5 Å². The van der Waals surface area contributed by atoms with Crippen molar-refractivity contribution in [1.29, 1.82) is 5.41 Å². The predicted molar refractivity (Wildman–Crippen MR) is 87.8 cm³/mol. The predicted octanol–water partition coefficient (Wildman–Crippen LogP) is 5.05. The number of nitrogens with one attached hydrogen (secondary N) is 1. The lowest BCUT2D eigenvalue weighted by Gasteiger charge is -2.07. The van der Waals surface area contributed by atoms with E-state index in [1.165, 1.54) is 0 Å². The van der Waals surface area contributed by atoms with Crippen LogP contribution in [0.4, 0.5) is 0 Å². The minimum atomic E-state index is -0.0160. The fourth-order valence-corrected chi connectivity index (χ4v) is 2.48. The molecule has 0 fully saturated rings. The zero-order chi connectivity index (χ0) is 15.4. The van der Waals surface area contributed by atoms with E-state index >= 15 is 0 Å². The van der Waals surface area contributed by atoms with E-state index in [0.717, 1.165) is 24.0 Å². The van der Waals surface area contributed by atoms with E-state index in [1.54, 1.807) is 30.3 Å². The Hall–Kier alpha value is -1.93. The summed E-state index contributed by atoms with van der Waals surface area (Å²) in [6.07, 6.45) is 1.70. The van der Waals surface area contributed by atoms with Gasteiger partial charge in [-0.1, -0.05) is 49.2 Å². The topological polar surface area (TPSA) is 40.9 Å². The summed E-state index contributed by atoms with van der Waals surface area (Å²) in [7, 11) is 0. The standard InChI is InChI=1S/C18H18ClNO/c1-3-4-17(20)13-5-7-14(8-6-13)18(21)16-10-9-15(19)11-12(16)2/h5-11,20H,3-4H2,1-2H3. The van der Waals surface area contributed by atoms with Crippen molar-refractivity contribution < 1.29 is 4.79 Å².